The van der Waals surface area contributed by atoms with Crippen LogP contribution >= 0.6 is 27.7 Å². The third kappa shape index (κ3) is 4.61. The minimum atomic E-state index is -0.831. The average Bonchev–Trinajstić information content (AvgIpc) is 2.38. The van der Waals surface area contributed by atoms with Crippen molar-refractivity contribution in [1.82, 2.24) is 5.32 Å². The van der Waals surface area contributed by atoms with Crippen LogP contribution in [0.1, 0.15) is 6.92 Å². The number of carbonyl (C=O) groups excluding carboxylic acids is 2. The highest BCUT2D eigenvalue weighted by atomic mass is 79.9. The Bertz CT molecular complexity index is 523. The van der Waals surface area contributed by atoms with Crippen LogP contribution in [-0.4, -0.2) is 41.0 Å². The van der Waals surface area contributed by atoms with Gasteiger partial charge in [0.2, 0.25) is 5.91 Å². The molecule has 0 radical (unpaired) electrons. The van der Waals surface area contributed by atoms with E-state index in [1.54, 1.807) is 0 Å². The molecule has 0 fully saturated rings. The number of ether oxygens (including phenoxy) is 1. The highest BCUT2D eigenvalue weighted by Crippen LogP contribution is 2.38. The van der Waals surface area contributed by atoms with Crippen molar-refractivity contribution in [2.45, 2.75) is 17.9 Å². The maximum Gasteiger partial charge on any atom is 0.329 e. The summed E-state index contributed by atoms with van der Waals surface area (Å²) in [5, 5.41) is 21.8. The highest BCUT2D eigenvalue weighted by molar-refractivity contribution is 9.10. The fourth-order valence-electron chi connectivity index (χ4n) is 1.40. The van der Waals surface area contributed by atoms with Crippen molar-refractivity contribution in [2.75, 3.05) is 12.9 Å². The molecular formula is C12H14BrNO5S. The van der Waals surface area contributed by atoms with Crippen LogP contribution in [0.3, 0.4) is 0 Å². The third-order valence-electron chi connectivity index (χ3n) is 2.28. The summed E-state index contributed by atoms with van der Waals surface area (Å²) in [5.41, 5.74) is 0. The molecule has 1 amide bonds. The number of thioether (sulfide) groups is 1. The number of methoxy groups -OCH3 is 1. The SMILES string of the molecule is COC(=O)[C@H](CSc1cc(O)cc(Br)c1O)NC(C)=O. The average molecular weight is 364 g/mol. The van der Waals surface area contributed by atoms with Gasteiger partial charge in [-0.1, -0.05) is 0 Å². The lowest BCUT2D eigenvalue weighted by atomic mass is 10.3. The quantitative estimate of drug-likeness (QED) is 0.418. The van der Waals surface area contributed by atoms with E-state index in [2.05, 4.69) is 26.0 Å². The molecule has 0 aromatic heterocycles. The van der Waals surface area contributed by atoms with Crippen molar-refractivity contribution in [1.29, 1.82) is 0 Å². The van der Waals surface area contributed by atoms with Gasteiger partial charge in [0, 0.05) is 12.7 Å². The summed E-state index contributed by atoms with van der Waals surface area (Å²) < 4.78 is 4.93. The van der Waals surface area contributed by atoms with Crippen molar-refractivity contribution in [3.05, 3.63) is 16.6 Å². The summed E-state index contributed by atoms with van der Waals surface area (Å²) in [6, 6.07) is 1.89. The Labute approximate surface area is 128 Å². The van der Waals surface area contributed by atoms with Gasteiger partial charge >= 0.3 is 5.97 Å². The van der Waals surface area contributed by atoms with Crippen LogP contribution in [0.25, 0.3) is 0 Å². The first-order valence-corrected chi connectivity index (χ1v) is 7.32. The summed E-state index contributed by atoms with van der Waals surface area (Å²) >= 11 is 4.22. The van der Waals surface area contributed by atoms with Crippen molar-refractivity contribution in [3.63, 3.8) is 0 Å². The van der Waals surface area contributed by atoms with E-state index in [1.807, 2.05) is 0 Å². The highest BCUT2D eigenvalue weighted by Gasteiger charge is 2.21. The normalized spacial score (nSPS) is 11.8. The molecule has 0 saturated carbocycles. The minimum absolute atomic E-state index is 0.0219. The predicted octanol–water partition coefficient (Wildman–Crippen LogP) is 1.63. The summed E-state index contributed by atoms with van der Waals surface area (Å²) in [5.74, 6) is -0.838. The van der Waals surface area contributed by atoms with Gasteiger partial charge in [-0.2, -0.15) is 0 Å². The summed E-state index contributed by atoms with van der Waals surface area (Å²) in [6.07, 6.45) is 0. The van der Waals surface area contributed by atoms with Gasteiger partial charge in [-0.3, -0.25) is 4.79 Å². The largest absolute Gasteiger partial charge is 0.508 e. The van der Waals surface area contributed by atoms with E-state index in [4.69, 9.17) is 0 Å². The number of hydrogen-bond donors (Lipinski definition) is 3. The van der Waals surface area contributed by atoms with Crippen LogP contribution in [0.2, 0.25) is 0 Å². The predicted molar refractivity (Wildman–Crippen MR) is 77.8 cm³/mol. The lowest BCUT2D eigenvalue weighted by Crippen LogP contribution is -2.42. The van der Waals surface area contributed by atoms with E-state index in [0.29, 0.717) is 9.37 Å². The third-order valence-corrected chi connectivity index (χ3v) is 4.01. The Morgan fingerprint density at radius 1 is 1.45 bits per heavy atom. The number of aromatic hydroxyl groups is 2. The molecule has 8 heteroatoms. The molecule has 1 aromatic carbocycles. The van der Waals surface area contributed by atoms with Gasteiger partial charge < -0.3 is 20.3 Å². The van der Waals surface area contributed by atoms with Gasteiger partial charge in [0.05, 0.1) is 16.5 Å². The minimum Gasteiger partial charge on any atom is -0.508 e. The summed E-state index contributed by atoms with van der Waals surface area (Å²) in [6.45, 7) is 1.29. The second kappa shape index (κ2) is 7.39. The molecule has 110 valence electrons. The number of phenols is 2. The molecule has 1 atom stereocenters. The molecule has 0 aliphatic carbocycles. The van der Waals surface area contributed by atoms with Crippen molar-refractivity contribution < 1.29 is 24.5 Å². The molecule has 20 heavy (non-hydrogen) atoms. The van der Waals surface area contributed by atoms with E-state index in [-0.39, 0.29) is 23.2 Å². The topological polar surface area (TPSA) is 95.9 Å². The first kappa shape index (κ1) is 16.6. The number of halogens is 1. The molecule has 3 N–H and O–H groups in total. The first-order chi connectivity index (χ1) is 9.35. The zero-order chi connectivity index (χ0) is 15.3. The Morgan fingerprint density at radius 3 is 2.65 bits per heavy atom. The lowest BCUT2D eigenvalue weighted by molar-refractivity contribution is -0.144. The van der Waals surface area contributed by atoms with Gasteiger partial charge in [-0.25, -0.2) is 4.79 Å². The van der Waals surface area contributed by atoms with E-state index in [9.17, 15) is 19.8 Å². The smallest absolute Gasteiger partial charge is 0.329 e. The van der Waals surface area contributed by atoms with Crippen molar-refractivity contribution in [2.24, 2.45) is 0 Å². The Kier molecular flexibility index (Phi) is 6.15. The van der Waals surface area contributed by atoms with E-state index >= 15 is 0 Å². The fraction of sp³-hybridized carbons (Fsp3) is 0.333. The molecule has 1 aromatic rings. The molecule has 0 aliphatic heterocycles. The molecule has 0 saturated heterocycles. The monoisotopic (exact) mass is 363 g/mol. The Balaban J connectivity index is 2.82. The molecule has 0 spiro atoms. The summed E-state index contributed by atoms with van der Waals surface area (Å²) in [7, 11) is 1.23. The van der Waals surface area contributed by atoms with Crippen LogP contribution in [0.5, 0.6) is 11.5 Å². The maximum atomic E-state index is 11.5. The molecule has 1 rings (SSSR count). The Morgan fingerprint density at radius 2 is 2.10 bits per heavy atom. The molecular weight excluding hydrogens is 350 g/mol. The standard InChI is InChI=1S/C12H14BrNO5S/c1-6(15)14-9(12(18)19-2)5-20-10-4-7(16)3-8(13)11(10)17/h3-4,9,16-17H,5H2,1-2H3,(H,14,15)/t9-/m0/s1. The van der Waals surface area contributed by atoms with E-state index < -0.39 is 12.0 Å². The lowest BCUT2D eigenvalue weighted by Gasteiger charge is -2.15. The van der Waals surface area contributed by atoms with Crippen LogP contribution in [0, 0.1) is 0 Å². The molecule has 0 unspecified atom stereocenters. The van der Waals surface area contributed by atoms with Crippen LogP contribution < -0.4 is 5.32 Å². The number of nitrogens with one attached hydrogen (secondary N) is 1. The van der Waals surface area contributed by atoms with Crippen LogP contribution in [0.4, 0.5) is 0 Å². The zero-order valence-corrected chi connectivity index (χ0v) is 13.2. The second-order valence-corrected chi connectivity index (χ2v) is 5.78. The van der Waals surface area contributed by atoms with Gasteiger partial charge in [0.1, 0.15) is 17.5 Å². The molecule has 0 heterocycles. The van der Waals surface area contributed by atoms with Gasteiger partial charge in [0.15, 0.2) is 0 Å². The van der Waals surface area contributed by atoms with Crippen molar-refractivity contribution in [3.8, 4) is 11.5 Å². The van der Waals surface area contributed by atoms with E-state index in [0.717, 1.165) is 11.8 Å². The molecule has 6 nitrogen and oxygen atoms in total. The summed E-state index contributed by atoms with van der Waals surface area (Å²) in [4.78, 5) is 22.9. The van der Waals surface area contributed by atoms with Gasteiger partial charge in [-0.15, -0.1) is 11.8 Å². The number of rotatable bonds is 5. The number of amides is 1. The van der Waals surface area contributed by atoms with Gasteiger partial charge in [0.25, 0.3) is 0 Å². The van der Waals surface area contributed by atoms with Crippen molar-refractivity contribution >= 4 is 39.6 Å². The van der Waals surface area contributed by atoms with E-state index in [1.165, 1.54) is 26.2 Å². The second-order valence-electron chi connectivity index (χ2n) is 3.86. The molecule has 0 aliphatic rings. The number of carbonyl (C=O) groups is 2. The Hall–Kier alpha value is -1.41. The number of phenolic OH excluding ortho intramolecular Hbond substituents is 2. The fourth-order valence-corrected chi connectivity index (χ4v) is 3.00. The van der Waals surface area contributed by atoms with Gasteiger partial charge in [-0.05, 0) is 28.1 Å². The number of hydrogen-bond acceptors (Lipinski definition) is 6. The maximum absolute atomic E-state index is 11.5. The zero-order valence-electron chi connectivity index (χ0n) is 10.8. The molecule has 0 bridgehead atoms. The van der Waals surface area contributed by atoms with Crippen LogP contribution in [-0.2, 0) is 14.3 Å². The first-order valence-electron chi connectivity index (χ1n) is 5.54. The number of benzene rings is 1. The van der Waals surface area contributed by atoms with Crippen LogP contribution in [0.15, 0.2) is 21.5 Å². The number of esters is 1.